The maximum absolute atomic E-state index is 11.8. The van der Waals surface area contributed by atoms with Gasteiger partial charge in [0.15, 0.2) is 11.6 Å². The van der Waals surface area contributed by atoms with Crippen molar-refractivity contribution in [3.63, 3.8) is 0 Å². The van der Waals surface area contributed by atoms with E-state index in [4.69, 9.17) is 11.6 Å². The predicted molar refractivity (Wildman–Crippen MR) is 83.8 cm³/mol. The first kappa shape index (κ1) is 15.3. The topological polar surface area (TPSA) is 61.9 Å². The maximum Gasteiger partial charge on any atom is 0.246 e. The molecule has 21 heavy (non-hydrogen) atoms. The van der Waals surface area contributed by atoms with Crippen molar-refractivity contribution < 1.29 is 4.79 Å². The molecule has 0 aliphatic heterocycles. The SMILES string of the molecule is CC(C)N(C)C(=O)C=Cc1n[nH]c(-c2cccc(Cl)c2)n1. The molecule has 0 bridgehead atoms. The average Bonchev–Trinajstić information content (AvgIpc) is 2.92. The molecule has 0 saturated heterocycles. The first-order chi connectivity index (χ1) is 9.97. The van der Waals surface area contributed by atoms with Crippen LogP contribution in [0.1, 0.15) is 19.7 Å². The summed E-state index contributed by atoms with van der Waals surface area (Å²) in [5.41, 5.74) is 0.847. The van der Waals surface area contributed by atoms with Gasteiger partial charge < -0.3 is 4.90 Å². The van der Waals surface area contributed by atoms with Crippen LogP contribution in [0.5, 0.6) is 0 Å². The summed E-state index contributed by atoms with van der Waals surface area (Å²) in [6.45, 7) is 3.91. The van der Waals surface area contributed by atoms with Crippen LogP contribution in [0.3, 0.4) is 0 Å². The Morgan fingerprint density at radius 1 is 1.43 bits per heavy atom. The number of amides is 1. The summed E-state index contributed by atoms with van der Waals surface area (Å²) in [6, 6.07) is 7.47. The zero-order valence-electron chi connectivity index (χ0n) is 12.2. The normalized spacial score (nSPS) is 11.3. The van der Waals surface area contributed by atoms with Crippen LogP contribution in [-0.2, 0) is 4.79 Å². The standard InChI is InChI=1S/C15H17ClN4O/c1-10(2)20(3)14(21)8-7-13-17-15(19-18-13)11-5-4-6-12(16)9-11/h4-10H,1-3H3,(H,17,18,19). The second kappa shape index (κ2) is 6.54. The molecule has 0 aliphatic rings. The molecule has 5 nitrogen and oxygen atoms in total. The summed E-state index contributed by atoms with van der Waals surface area (Å²) in [6.07, 6.45) is 3.05. The zero-order chi connectivity index (χ0) is 15.4. The van der Waals surface area contributed by atoms with Crippen LogP contribution in [0.15, 0.2) is 30.3 Å². The van der Waals surface area contributed by atoms with Crippen molar-refractivity contribution in [3.8, 4) is 11.4 Å². The fourth-order valence-electron chi connectivity index (χ4n) is 1.63. The number of nitrogens with zero attached hydrogens (tertiary/aromatic N) is 3. The molecule has 6 heteroatoms. The molecule has 110 valence electrons. The molecule has 0 saturated carbocycles. The van der Waals surface area contributed by atoms with E-state index in [1.807, 2.05) is 26.0 Å². The summed E-state index contributed by atoms with van der Waals surface area (Å²) < 4.78 is 0. The van der Waals surface area contributed by atoms with Crippen molar-refractivity contribution in [2.45, 2.75) is 19.9 Å². The summed E-state index contributed by atoms with van der Waals surface area (Å²) in [5, 5.41) is 7.52. The minimum atomic E-state index is -0.0842. The highest BCUT2D eigenvalue weighted by Gasteiger charge is 2.09. The van der Waals surface area contributed by atoms with Gasteiger partial charge in [0.2, 0.25) is 5.91 Å². The number of carbonyl (C=O) groups excluding carboxylic acids is 1. The Labute approximate surface area is 128 Å². The number of benzene rings is 1. The van der Waals surface area contributed by atoms with Crippen LogP contribution >= 0.6 is 11.6 Å². The van der Waals surface area contributed by atoms with Crippen LogP contribution in [0.4, 0.5) is 0 Å². The fraction of sp³-hybridized carbons (Fsp3) is 0.267. The molecule has 0 radical (unpaired) electrons. The lowest BCUT2D eigenvalue weighted by atomic mass is 10.2. The van der Waals surface area contributed by atoms with E-state index in [9.17, 15) is 4.79 Å². The van der Waals surface area contributed by atoms with Crippen LogP contribution in [-0.4, -0.2) is 39.1 Å². The third-order valence-corrected chi connectivity index (χ3v) is 3.33. The summed E-state index contributed by atoms with van der Waals surface area (Å²) in [5.74, 6) is 0.983. The van der Waals surface area contributed by atoms with Crippen molar-refractivity contribution in [2.75, 3.05) is 7.05 Å². The van der Waals surface area contributed by atoms with Gasteiger partial charge >= 0.3 is 0 Å². The number of H-pyrrole nitrogens is 1. The van der Waals surface area contributed by atoms with Gasteiger partial charge in [0.05, 0.1) is 0 Å². The molecule has 0 spiro atoms. The van der Waals surface area contributed by atoms with E-state index in [0.29, 0.717) is 16.7 Å². The molecule has 0 fully saturated rings. The lowest BCUT2D eigenvalue weighted by Gasteiger charge is -2.19. The number of aromatic amines is 1. The largest absolute Gasteiger partial charge is 0.340 e. The summed E-state index contributed by atoms with van der Waals surface area (Å²) in [7, 11) is 1.76. The minimum Gasteiger partial charge on any atom is -0.340 e. The van der Waals surface area contributed by atoms with Crippen molar-refractivity contribution in [1.82, 2.24) is 20.1 Å². The van der Waals surface area contributed by atoms with Gasteiger partial charge in [-0.25, -0.2) is 4.98 Å². The van der Waals surface area contributed by atoms with Crippen molar-refractivity contribution in [2.24, 2.45) is 0 Å². The molecule has 0 unspecified atom stereocenters. The van der Waals surface area contributed by atoms with Gasteiger partial charge in [0, 0.05) is 29.8 Å². The Balaban J connectivity index is 2.12. The quantitative estimate of drug-likeness (QED) is 0.883. The molecule has 1 N–H and O–H groups in total. The highest BCUT2D eigenvalue weighted by atomic mass is 35.5. The monoisotopic (exact) mass is 304 g/mol. The number of likely N-dealkylation sites (N-methyl/N-ethyl adjacent to an activating group) is 1. The van der Waals surface area contributed by atoms with E-state index in [0.717, 1.165) is 5.56 Å². The number of nitrogens with one attached hydrogen (secondary N) is 1. The van der Waals surface area contributed by atoms with Crippen molar-refractivity contribution >= 4 is 23.6 Å². The Morgan fingerprint density at radius 3 is 2.86 bits per heavy atom. The second-order valence-electron chi connectivity index (χ2n) is 4.93. The average molecular weight is 305 g/mol. The van der Waals surface area contributed by atoms with Gasteiger partial charge in [0.1, 0.15) is 0 Å². The van der Waals surface area contributed by atoms with E-state index in [2.05, 4.69) is 15.2 Å². The Morgan fingerprint density at radius 2 is 2.19 bits per heavy atom. The molecular weight excluding hydrogens is 288 g/mol. The van der Waals surface area contributed by atoms with Crippen LogP contribution < -0.4 is 0 Å². The molecule has 1 aromatic heterocycles. The van der Waals surface area contributed by atoms with E-state index in [1.165, 1.54) is 6.08 Å². The molecule has 1 heterocycles. The van der Waals surface area contributed by atoms with E-state index in [-0.39, 0.29) is 11.9 Å². The van der Waals surface area contributed by atoms with E-state index in [1.54, 1.807) is 30.2 Å². The highest BCUT2D eigenvalue weighted by molar-refractivity contribution is 6.30. The number of carbonyl (C=O) groups is 1. The maximum atomic E-state index is 11.8. The second-order valence-corrected chi connectivity index (χ2v) is 5.37. The van der Waals surface area contributed by atoms with Crippen LogP contribution in [0.25, 0.3) is 17.5 Å². The zero-order valence-corrected chi connectivity index (χ0v) is 12.9. The highest BCUT2D eigenvalue weighted by Crippen LogP contribution is 2.19. The molecule has 2 rings (SSSR count). The van der Waals surface area contributed by atoms with Crippen LogP contribution in [0.2, 0.25) is 5.02 Å². The van der Waals surface area contributed by atoms with Gasteiger partial charge in [-0.3, -0.25) is 9.89 Å². The van der Waals surface area contributed by atoms with E-state index >= 15 is 0 Å². The van der Waals surface area contributed by atoms with Gasteiger partial charge in [-0.15, -0.1) is 0 Å². The number of rotatable bonds is 4. The fourth-order valence-corrected chi connectivity index (χ4v) is 1.82. The van der Waals surface area contributed by atoms with Gasteiger partial charge in [-0.05, 0) is 32.1 Å². The summed E-state index contributed by atoms with van der Waals surface area (Å²) in [4.78, 5) is 17.8. The molecular formula is C15H17ClN4O. The number of hydrogen-bond donors (Lipinski definition) is 1. The number of aromatic nitrogens is 3. The van der Waals surface area contributed by atoms with E-state index < -0.39 is 0 Å². The molecule has 0 aliphatic carbocycles. The first-order valence-electron chi connectivity index (χ1n) is 6.60. The third kappa shape index (κ3) is 3.92. The molecule has 2 aromatic rings. The smallest absolute Gasteiger partial charge is 0.246 e. The Bertz CT molecular complexity index is 663. The van der Waals surface area contributed by atoms with Crippen LogP contribution in [0, 0.1) is 0 Å². The molecule has 1 amide bonds. The van der Waals surface area contributed by atoms with Gasteiger partial charge in [0.25, 0.3) is 0 Å². The van der Waals surface area contributed by atoms with Crippen molar-refractivity contribution in [3.05, 3.63) is 41.2 Å². The molecule has 1 aromatic carbocycles. The number of halogens is 1. The Kier molecular flexibility index (Phi) is 4.75. The first-order valence-corrected chi connectivity index (χ1v) is 6.98. The number of hydrogen-bond acceptors (Lipinski definition) is 3. The van der Waals surface area contributed by atoms with Gasteiger partial charge in [-0.2, -0.15) is 5.10 Å². The lowest BCUT2D eigenvalue weighted by Crippen LogP contribution is -2.31. The molecule has 0 atom stereocenters. The lowest BCUT2D eigenvalue weighted by molar-refractivity contribution is -0.126. The Hall–Kier alpha value is -2.14. The summed E-state index contributed by atoms with van der Waals surface area (Å²) >= 11 is 5.94. The minimum absolute atomic E-state index is 0.0842. The van der Waals surface area contributed by atoms with Crippen molar-refractivity contribution in [1.29, 1.82) is 0 Å². The third-order valence-electron chi connectivity index (χ3n) is 3.10. The van der Waals surface area contributed by atoms with Gasteiger partial charge in [-0.1, -0.05) is 23.7 Å². The predicted octanol–water partition coefficient (Wildman–Crippen LogP) is 3.01.